The Morgan fingerprint density at radius 1 is 1.21 bits per heavy atom. The highest BCUT2D eigenvalue weighted by molar-refractivity contribution is 9.10. The first-order valence-corrected chi connectivity index (χ1v) is 6.99. The van der Waals surface area contributed by atoms with Gasteiger partial charge in [0, 0.05) is 17.0 Å². The highest BCUT2D eigenvalue weighted by atomic mass is 79.9. The zero-order valence-electron chi connectivity index (χ0n) is 10.3. The Balaban J connectivity index is 2.36. The van der Waals surface area contributed by atoms with Gasteiger partial charge in [0.1, 0.15) is 5.82 Å². The van der Waals surface area contributed by atoms with Crippen molar-refractivity contribution in [3.8, 4) is 0 Å². The summed E-state index contributed by atoms with van der Waals surface area (Å²) in [5.74, 6) is -0.340. The topological polar surface area (TPSA) is 20.2 Å². The van der Waals surface area contributed by atoms with Crippen LogP contribution in [-0.4, -0.2) is 5.11 Å². The first kappa shape index (κ1) is 14.5. The van der Waals surface area contributed by atoms with E-state index in [1.807, 2.05) is 6.07 Å². The molecule has 0 saturated carbocycles. The molecule has 0 amide bonds. The van der Waals surface area contributed by atoms with Gasteiger partial charge in [0.15, 0.2) is 0 Å². The SMILES string of the molecule is CC(O)(Cc1cccc(F)c1Br)c1ccccc1Cl. The summed E-state index contributed by atoms with van der Waals surface area (Å²) in [7, 11) is 0. The van der Waals surface area contributed by atoms with Gasteiger partial charge in [-0.3, -0.25) is 0 Å². The number of hydrogen-bond acceptors (Lipinski definition) is 1. The lowest BCUT2D eigenvalue weighted by molar-refractivity contribution is 0.0575. The third kappa shape index (κ3) is 3.16. The maximum Gasteiger partial charge on any atom is 0.137 e. The van der Waals surface area contributed by atoms with Gasteiger partial charge < -0.3 is 5.11 Å². The largest absolute Gasteiger partial charge is 0.385 e. The van der Waals surface area contributed by atoms with Crippen molar-refractivity contribution in [2.45, 2.75) is 18.9 Å². The van der Waals surface area contributed by atoms with Crippen molar-refractivity contribution in [2.24, 2.45) is 0 Å². The van der Waals surface area contributed by atoms with Crippen LogP contribution in [0.4, 0.5) is 4.39 Å². The highest BCUT2D eigenvalue weighted by Gasteiger charge is 2.27. The van der Waals surface area contributed by atoms with Crippen LogP contribution in [0.2, 0.25) is 5.02 Å². The van der Waals surface area contributed by atoms with Crippen LogP contribution in [0.15, 0.2) is 46.9 Å². The number of rotatable bonds is 3. The van der Waals surface area contributed by atoms with Gasteiger partial charge >= 0.3 is 0 Å². The second kappa shape index (κ2) is 5.61. The van der Waals surface area contributed by atoms with Crippen LogP contribution in [-0.2, 0) is 12.0 Å². The Morgan fingerprint density at radius 3 is 2.58 bits per heavy atom. The third-order valence-corrected chi connectivity index (χ3v) is 4.24. The molecule has 0 bridgehead atoms. The van der Waals surface area contributed by atoms with Crippen molar-refractivity contribution in [2.75, 3.05) is 0 Å². The minimum absolute atomic E-state index is 0.273. The summed E-state index contributed by atoms with van der Waals surface area (Å²) in [4.78, 5) is 0. The van der Waals surface area contributed by atoms with E-state index in [1.165, 1.54) is 6.07 Å². The molecule has 0 fully saturated rings. The molecule has 0 spiro atoms. The lowest BCUT2D eigenvalue weighted by Crippen LogP contribution is -2.25. The van der Waals surface area contributed by atoms with Gasteiger partial charge in [-0.25, -0.2) is 4.39 Å². The molecule has 1 unspecified atom stereocenters. The van der Waals surface area contributed by atoms with E-state index >= 15 is 0 Å². The van der Waals surface area contributed by atoms with Crippen molar-refractivity contribution in [1.82, 2.24) is 0 Å². The maximum absolute atomic E-state index is 13.5. The van der Waals surface area contributed by atoms with Gasteiger partial charge in [0.2, 0.25) is 0 Å². The fourth-order valence-corrected chi connectivity index (χ4v) is 2.79. The molecule has 1 N–H and O–H groups in total. The zero-order valence-corrected chi connectivity index (χ0v) is 12.7. The average molecular weight is 344 g/mol. The van der Waals surface area contributed by atoms with E-state index in [2.05, 4.69) is 15.9 Å². The zero-order chi connectivity index (χ0) is 14.0. The molecule has 2 aromatic carbocycles. The summed E-state index contributed by atoms with van der Waals surface area (Å²) in [6.07, 6.45) is 0.273. The normalized spacial score (nSPS) is 14.2. The predicted molar refractivity (Wildman–Crippen MR) is 78.8 cm³/mol. The molecule has 0 aliphatic heterocycles. The summed E-state index contributed by atoms with van der Waals surface area (Å²) in [6.45, 7) is 1.67. The quantitative estimate of drug-likeness (QED) is 0.857. The molecule has 4 heteroatoms. The second-order valence-corrected chi connectivity index (χ2v) is 5.84. The van der Waals surface area contributed by atoms with Gasteiger partial charge in [-0.2, -0.15) is 0 Å². The lowest BCUT2D eigenvalue weighted by Gasteiger charge is -2.25. The second-order valence-electron chi connectivity index (χ2n) is 4.64. The molecule has 2 aromatic rings. The van der Waals surface area contributed by atoms with E-state index in [0.717, 1.165) is 0 Å². The monoisotopic (exact) mass is 342 g/mol. The van der Waals surface area contributed by atoms with Crippen LogP contribution in [0.25, 0.3) is 0 Å². The standard InChI is InChI=1S/C15H13BrClFO/c1-15(19,11-6-2-3-7-12(11)17)9-10-5-4-8-13(18)14(10)16/h2-8,19H,9H2,1H3. The predicted octanol–water partition coefficient (Wildman–Crippen LogP) is 4.69. The Morgan fingerprint density at radius 2 is 1.89 bits per heavy atom. The number of benzene rings is 2. The molecule has 0 saturated heterocycles. The average Bonchev–Trinajstić information content (AvgIpc) is 2.35. The number of halogens is 3. The Hall–Kier alpha value is -0.900. The Bertz CT molecular complexity index is 598. The summed E-state index contributed by atoms with van der Waals surface area (Å²) in [6, 6.07) is 11.9. The minimum Gasteiger partial charge on any atom is -0.385 e. The molecule has 1 atom stereocenters. The first-order chi connectivity index (χ1) is 8.92. The summed E-state index contributed by atoms with van der Waals surface area (Å²) in [5, 5.41) is 11.1. The minimum atomic E-state index is -1.16. The highest BCUT2D eigenvalue weighted by Crippen LogP contribution is 2.33. The third-order valence-electron chi connectivity index (χ3n) is 3.02. The van der Waals surface area contributed by atoms with E-state index in [9.17, 15) is 9.50 Å². The van der Waals surface area contributed by atoms with E-state index < -0.39 is 5.60 Å². The van der Waals surface area contributed by atoms with Gasteiger partial charge in [-0.1, -0.05) is 41.9 Å². The first-order valence-electron chi connectivity index (χ1n) is 5.82. The fraction of sp³-hybridized carbons (Fsp3) is 0.200. The van der Waals surface area contributed by atoms with Crippen LogP contribution in [0.5, 0.6) is 0 Å². The van der Waals surface area contributed by atoms with E-state index in [4.69, 9.17) is 11.6 Å². The van der Waals surface area contributed by atoms with Gasteiger partial charge in [0.05, 0.1) is 10.1 Å². The van der Waals surface area contributed by atoms with E-state index in [1.54, 1.807) is 37.3 Å². The van der Waals surface area contributed by atoms with E-state index in [-0.39, 0.29) is 12.2 Å². The molecule has 19 heavy (non-hydrogen) atoms. The van der Waals surface area contributed by atoms with Crippen LogP contribution >= 0.6 is 27.5 Å². The van der Waals surface area contributed by atoms with Gasteiger partial charge in [-0.15, -0.1) is 0 Å². The van der Waals surface area contributed by atoms with Crippen LogP contribution < -0.4 is 0 Å². The summed E-state index contributed by atoms with van der Waals surface area (Å²) >= 11 is 9.31. The maximum atomic E-state index is 13.5. The van der Waals surface area contributed by atoms with Crippen molar-refractivity contribution in [3.05, 3.63) is 68.9 Å². The fourth-order valence-electron chi connectivity index (χ4n) is 2.05. The Kier molecular flexibility index (Phi) is 4.29. The molecule has 0 aliphatic rings. The molecule has 0 radical (unpaired) electrons. The number of aliphatic hydroxyl groups is 1. The molecule has 0 aliphatic carbocycles. The van der Waals surface area contributed by atoms with Crippen molar-refractivity contribution >= 4 is 27.5 Å². The van der Waals surface area contributed by atoms with Gasteiger partial charge in [0.25, 0.3) is 0 Å². The molecular formula is C15H13BrClFO. The van der Waals surface area contributed by atoms with Crippen LogP contribution in [0.1, 0.15) is 18.1 Å². The van der Waals surface area contributed by atoms with Crippen molar-refractivity contribution in [1.29, 1.82) is 0 Å². The van der Waals surface area contributed by atoms with Crippen molar-refractivity contribution < 1.29 is 9.50 Å². The van der Waals surface area contributed by atoms with Crippen LogP contribution in [0.3, 0.4) is 0 Å². The Labute approximate surface area is 125 Å². The molecule has 0 aromatic heterocycles. The summed E-state index contributed by atoms with van der Waals surface area (Å²) < 4.78 is 13.9. The number of hydrogen-bond donors (Lipinski definition) is 1. The van der Waals surface area contributed by atoms with Crippen LogP contribution in [0, 0.1) is 5.82 Å². The smallest absolute Gasteiger partial charge is 0.137 e. The summed E-state index contributed by atoms with van der Waals surface area (Å²) in [5.41, 5.74) is 0.173. The molecular weight excluding hydrogens is 331 g/mol. The molecule has 1 nitrogen and oxygen atoms in total. The van der Waals surface area contributed by atoms with E-state index in [0.29, 0.717) is 20.6 Å². The lowest BCUT2D eigenvalue weighted by atomic mass is 9.89. The molecule has 0 heterocycles. The molecule has 100 valence electrons. The van der Waals surface area contributed by atoms with Crippen molar-refractivity contribution in [3.63, 3.8) is 0 Å². The van der Waals surface area contributed by atoms with Gasteiger partial charge in [-0.05, 0) is 40.5 Å². The molecule has 2 rings (SSSR count).